The molecule has 5 aromatic carbocycles. The minimum atomic E-state index is 0.187. The van der Waals surface area contributed by atoms with Crippen LogP contribution in [0.1, 0.15) is 22.9 Å². The van der Waals surface area contributed by atoms with Gasteiger partial charge in [0.25, 0.3) is 0 Å². The van der Waals surface area contributed by atoms with Crippen molar-refractivity contribution in [1.82, 2.24) is 15.4 Å². The van der Waals surface area contributed by atoms with Gasteiger partial charge in [0.1, 0.15) is 6.17 Å². The molecule has 2 N–H and O–H groups in total. The van der Waals surface area contributed by atoms with Crippen molar-refractivity contribution in [3.8, 4) is 16.9 Å². The molecule has 1 saturated heterocycles. The number of rotatable bonds is 3. The van der Waals surface area contributed by atoms with Crippen molar-refractivity contribution < 1.29 is 0 Å². The van der Waals surface area contributed by atoms with E-state index in [0.717, 1.165) is 45.1 Å². The highest BCUT2D eigenvalue weighted by molar-refractivity contribution is 6.10. The molecule has 8 rings (SSSR count). The number of hydrazine groups is 1. The number of nitrogens with one attached hydrogen (secondary N) is 2. The summed E-state index contributed by atoms with van der Waals surface area (Å²) in [7, 11) is 0. The molecule has 0 bridgehead atoms. The van der Waals surface area contributed by atoms with Crippen molar-refractivity contribution in [1.29, 1.82) is 0 Å². The van der Waals surface area contributed by atoms with E-state index in [-0.39, 0.29) is 6.17 Å². The molecule has 3 heterocycles. The lowest BCUT2D eigenvalue weighted by atomic mass is 9.89. The second kappa shape index (κ2) is 8.57. The topological polar surface area (TPSA) is 52.1 Å². The van der Waals surface area contributed by atoms with E-state index in [9.17, 15) is 0 Å². The molecule has 0 aliphatic carbocycles. The highest BCUT2D eigenvalue weighted by Crippen LogP contribution is 2.51. The van der Waals surface area contributed by atoms with Crippen molar-refractivity contribution >= 4 is 33.5 Å². The van der Waals surface area contributed by atoms with Crippen LogP contribution in [0, 0.1) is 0 Å². The van der Waals surface area contributed by atoms with Crippen molar-refractivity contribution in [3.63, 3.8) is 0 Å². The summed E-state index contributed by atoms with van der Waals surface area (Å²) in [5, 5.41) is 1.20. The molecule has 39 heavy (non-hydrogen) atoms. The van der Waals surface area contributed by atoms with Gasteiger partial charge < -0.3 is 9.47 Å². The first-order valence-electron chi connectivity index (χ1n) is 13.3. The van der Waals surface area contributed by atoms with Crippen molar-refractivity contribution in [3.05, 3.63) is 151 Å². The SMILES string of the molecule is C=C1c2ccccc2N(c2cccc(C3NN3)c2)c2ccccc2-c2c1c1ccccc1n2-c1ccccc1. The van der Waals surface area contributed by atoms with E-state index in [0.29, 0.717) is 0 Å². The van der Waals surface area contributed by atoms with Gasteiger partial charge in [0, 0.05) is 33.5 Å². The second-order valence-electron chi connectivity index (χ2n) is 10.1. The number of nitrogens with zero attached hydrogens (tertiary/aromatic N) is 2. The number of hydrogen-bond acceptors (Lipinski definition) is 3. The largest absolute Gasteiger partial charge is 0.309 e. The Hall–Kier alpha value is -4.90. The van der Waals surface area contributed by atoms with Crippen LogP contribution in [0.5, 0.6) is 0 Å². The Labute approximate surface area is 227 Å². The van der Waals surface area contributed by atoms with Gasteiger partial charge in [-0.25, -0.2) is 10.9 Å². The molecule has 2 aliphatic heterocycles. The number of benzene rings is 5. The highest BCUT2D eigenvalue weighted by Gasteiger charge is 2.31. The summed E-state index contributed by atoms with van der Waals surface area (Å²) in [6, 6.07) is 45.5. The predicted octanol–water partition coefficient (Wildman–Crippen LogP) is 8.25. The van der Waals surface area contributed by atoms with Crippen molar-refractivity contribution in [2.45, 2.75) is 6.17 Å². The summed E-state index contributed by atoms with van der Waals surface area (Å²) in [6.07, 6.45) is 0.187. The van der Waals surface area contributed by atoms with Gasteiger partial charge in [-0.1, -0.05) is 91.5 Å². The summed E-state index contributed by atoms with van der Waals surface area (Å²) in [5.41, 5.74) is 18.9. The first-order chi connectivity index (χ1) is 19.3. The average molecular weight is 503 g/mol. The fourth-order valence-corrected chi connectivity index (χ4v) is 6.03. The lowest BCUT2D eigenvalue weighted by molar-refractivity contribution is 1.06. The summed E-state index contributed by atoms with van der Waals surface area (Å²) >= 11 is 0. The molecule has 0 atom stereocenters. The molecule has 4 nitrogen and oxygen atoms in total. The molecule has 1 fully saturated rings. The zero-order valence-corrected chi connectivity index (χ0v) is 21.3. The van der Waals surface area contributed by atoms with Gasteiger partial charge in [-0.3, -0.25) is 0 Å². The van der Waals surface area contributed by atoms with E-state index in [4.69, 9.17) is 6.58 Å². The smallest absolute Gasteiger partial charge is 0.109 e. The van der Waals surface area contributed by atoms with Crippen LogP contribution >= 0.6 is 0 Å². The first kappa shape index (κ1) is 22.1. The Kier molecular flexibility index (Phi) is 4.86. The fraction of sp³-hybridized carbons (Fsp3) is 0.0286. The number of hydrogen-bond donors (Lipinski definition) is 2. The second-order valence-corrected chi connectivity index (χ2v) is 10.1. The van der Waals surface area contributed by atoms with Crippen LogP contribution in [-0.2, 0) is 0 Å². The Balaban J connectivity index is 1.52. The predicted molar refractivity (Wildman–Crippen MR) is 161 cm³/mol. The van der Waals surface area contributed by atoms with E-state index >= 15 is 0 Å². The molecule has 2 aliphatic rings. The van der Waals surface area contributed by atoms with E-state index in [1.807, 2.05) is 0 Å². The van der Waals surface area contributed by atoms with E-state index in [1.165, 1.54) is 22.0 Å². The maximum atomic E-state index is 4.75. The Morgan fingerprint density at radius 2 is 1.23 bits per heavy atom. The fourth-order valence-electron chi connectivity index (χ4n) is 6.03. The van der Waals surface area contributed by atoms with Gasteiger partial charge in [0.15, 0.2) is 0 Å². The molecular formula is C35H26N4. The summed E-state index contributed by atoms with van der Waals surface area (Å²) in [5.74, 6) is 0. The van der Waals surface area contributed by atoms with E-state index in [1.54, 1.807) is 0 Å². The van der Waals surface area contributed by atoms with Gasteiger partial charge in [-0.05, 0) is 53.6 Å². The van der Waals surface area contributed by atoms with Gasteiger partial charge in [0.2, 0.25) is 0 Å². The van der Waals surface area contributed by atoms with Crippen LogP contribution in [-0.4, -0.2) is 4.57 Å². The maximum absolute atomic E-state index is 4.75. The van der Waals surface area contributed by atoms with Gasteiger partial charge >= 0.3 is 0 Å². The van der Waals surface area contributed by atoms with Gasteiger partial charge in [-0.2, -0.15) is 0 Å². The molecule has 1 aromatic heterocycles. The van der Waals surface area contributed by atoms with E-state index in [2.05, 4.69) is 148 Å². The zero-order valence-electron chi connectivity index (χ0n) is 21.3. The number of aromatic nitrogens is 1. The first-order valence-corrected chi connectivity index (χ1v) is 13.3. The molecule has 0 saturated carbocycles. The standard InChI is InChI=1S/C35H26N4/c1-23-27-16-5-8-19-30(27)38(26-15-11-12-24(22-26)35-36-37-35)32-21-10-7-18-29(32)34-33(23)28-17-6-9-20-31(28)39(34)25-13-3-2-4-14-25/h2-22,35-37H,1H2. The number of anilines is 3. The number of fused-ring (bicyclic) bond motifs is 6. The van der Waals surface area contributed by atoms with Crippen LogP contribution in [0.25, 0.3) is 33.4 Å². The van der Waals surface area contributed by atoms with Crippen molar-refractivity contribution in [2.24, 2.45) is 0 Å². The molecular weight excluding hydrogens is 476 g/mol. The molecule has 4 heteroatoms. The third-order valence-electron chi connectivity index (χ3n) is 7.81. The van der Waals surface area contributed by atoms with Crippen LogP contribution in [0.15, 0.2) is 134 Å². The van der Waals surface area contributed by atoms with E-state index < -0.39 is 0 Å². The maximum Gasteiger partial charge on any atom is 0.109 e. The Morgan fingerprint density at radius 1 is 0.590 bits per heavy atom. The zero-order chi connectivity index (χ0) is 25.9. The molecule has 6 aromatic rings. The quantitative estimate of drug-likeness (QED) is 0.239. The van der Waals surface area contributed by atoms with Gasteiger partial charge in [-0.15, -0.1) is 0 Å². The lowest BCUT2D eigenvalue weighted by Gasteiger charge is -2.32. The minimum absolute atomic E-state index is 0.187. The normalized spacial score (nSPS) is 14.4. The van der Waals surface area contributed by atoms with Crippen LogP contribution in [0.4, 0.5) is 17.1 Å². The summed E-state index contributed by atoms with van der Waals surface area (Å²) in [4.78, 5) is 2.39. The minimum Gasteiger partial charge on any atom is -0.309 e. The third kappa shape index (κ3) is 3.40. The molecule has 0 radical (unpaired) electrons. The van der Waals surface area contributed by atoms with Crippen molar-refractivity contribution in [2.75, 3.05) is 4.90 Å². The third-order valence-corrected chi connectivity index (χ3v) is 7.81. The summed E-state index contributed by atoms with van der Waals surface area (Å²) in [6.45, 7) is 4.75. The van der Waals surface area contributed by atoms with Crippen LogP contribution in [0.2, 0.25) is 0 Å². The van der Waals surface area contributed by atoms with Crippen LogP contribution in [0.3, 0.4) is 0 Å². The molecule has 0 amide bonds. The Morgan fingerprint density at radius 3 is 2.03 bits per heavy atom. The monoisotopic (exact) mass is 502 g/mol. The number of para-hydroxylation sites is 4. The average Bonchev–Trinajstić information content (AvgIpc) is 3.79. The lowest BCUT2D eigenvalue weighted by Crippen LogP contribution is -2.16. The van der Waals surface area contributed by atoms with Gasteiger partial charge in [0.05, 0.1) is 22.6 Å². The highest BCUT2D eigenvalue weighted by atomic mass is 15.6. The molecule has 186 valence electrons. The Bertz CT molecular complexity index is 1900. The molecule has 0 unspecified atom stereocenters. The van der Waals surface area contributed by atoms with Crippen LogP contribution < -0.4 is 15.8 Å². The summed E-state index contributed by atoms with van der Waals surface area (Å²) < 4.78 is 2.40. The molecule has 0 spiro atoms.